The molecule has 5 heteroatoms. The zero-order valence-corrected chi connectivity index (χ0v) is 9.80. The van der Waals surface area contributed by atoms with E-state index in [2.05, 4.69) is 10.3 Å². The maximum atomic E-state index is 11.9. The molecule has 3 unspecified atom stereocenters. The Morgan fingerprint density at radius 3 is 2.88 bits per heavy atom. The van der Waals surface area contributed by atoms with Crippen molar-refractivity contribution < 1.29 is 9.53 Å². The van der Waals surface area contributed by atoms with E-state index < -0.39 is 0 Å². The van der Waals surface area contributed by atoms with Crippen molar-refractivity contribution in [1.29, 1.82) is 0 Å². The maximum Gasteiger partial charge on any atom is 0.251 e. The first-order chi connectivity index (χ1) is 8.22. The number of pyridine rings is 1. The van der Waals surface area contributed by atoms with Crippen molar-refractivity contribution in [3.05, 3.63) is 30.1 Å². The van der Waals surface area contributed by atoms with E-state index >= 15 is 0 Å². The third-order valence-corrected chi connectivity index (χ3v) is 2.99. The monoisotopic (exact) mass is 235 g/mol. The van der Waals surface area contributed by atoms with E-state index in [1.165, 1.54) is 0 Å². The highest BCUT2D eigenvalue weighted by molar-refractivity contribution is 5.94. The lowest BCUT2D eigenvalue weighted by molar-refractivity contribution is -0.0300. The Morgan fingerprint density at radius 1 is 1.59 bits per heavy atom. The Bertz CT molecular complexity index is 381. The molecule has 5 nitrogen and oxygen atoms in total. The molecular formula is C12H17N3O2. The van der Waals surface area contributed by atoms with Gasteiger partial charge in [0.15, 0.2) is 0 Å². The van der Waals surface area contributed by atoms with Crippen LogP contribution in [-0.2, 0) is 4.74 Å². The Morgan fingerprint density at radius 2 is 2.29 bits per heavy atom. The number of nitrogens with one attached hydrogen (secondary N) is 1. The summed E-state index contributed by atoms with van der Waals surface area (Å²) in [7, 11) is 0. The Kier molecular flexibility index (Phi) is 3.71. The molecule has 0 radical (unpaired) electrons. The van der Waals surface area contributed by atoms with Crippen molar-refractivity contribution in [2.24, 2.45) is 5.73 Å². The molecule has 1 aromatic rings. The number of nitrogens with zero attached hydrogens (tertiary/aromatic N) is 1. The first-order valence-corrected chi connectivity index (χ1v) is 5.80. The molecule has 3 atom stereocenters. The smallest absolute Gasteiger partial charge is 0.251 e. The van der Waals surface area contributed by atoms with Crippen LogP contribution in [0.15, 0.2) is 24.5 Å². The fourth-order valence-electron chi connectivity index (χ4n) is 1.97. The van der Waals surface area contributed by atoms with Crippen LogP contribution in [0.1, 0.15) is 23.7 Å². The quantitative estimate of drug-likeness (QED) is 0.787. The normalized spacial score (nSPS) is 27.3. The fourth-order valence-corrected chi connectivity index (χ4v) is 1.97. The number of rotatable bonds is 4. The van der Waals surface area contributed by atoms with E-state index in [4.69, 9.17) is 10.5 Å². The zero-order chi connectivity index (χ0) is 12.3. The zero-order valence-electron chi connectivity index (χ0n) is 9.80. The Balaban J connectivity index is 1.94. The molecule has 0 spiro atoms. The molecule has 17 heavy (non-hydrogen) atoms. The van der Waals surface area contributed by atoms with Crippen molar-refractivity contribution in [2.75, 3.05) is 6.61 Å². The van der Waals surface area contributed by atoms with Gasteiger partial charge >= 0.3 is 0 Å². The molecule has 0 aliphatic heterocycles. The van der Waals surface area contributed by atoms with Crippen LogP contribution in [-0.4, -0.2) is 35.7 Å². The minimum absolute atomic E-state index is 0.0164. The summed E-state index contributed by atoms with van der Waals surface area (Å²) in [5.74, 6) is -0.128. The average Bonchev–Trinajstić information content (AvgIpc) is 2.36. The van der Waals surface area contributed by atoms with E-state index in [9.17, 15) is 4.79 Å². The lowest BCUT2D eigenvalue weighted by Crippen LogP contribution is -2.64. The summed E-state index contributed by atoms with van der Waals surface area (Å²) in [6, 6.07) is 3.25. The number of hydrogen-bond donors (Lipinski definition) is 2. The molecule has 1 aromatic heterocycles. The summed E-state index contributed by atoms with van der Waals surface area (Å²) in [6.07, 6.45) is 4.03. The molecule has 1 fully saturated rings. The van der Waals surface area contributed by atoms with Crippen molar-refractivity contribution in [1.82, 2.24) is 10.3 Å². The topological polar surface area (TPSA) is 77.2 Å². The first kappa shape index (κ1) is 12.0. The van der Waals surface area contributed by atoms with E-state index in [0.717, 1.165) is 6.42 Å². The van der Waals surface area contributed by atoms with Crippen LogP contribution in [0.2, 0.25) is 0 Å². The lowest BCUT2D eigenvalue weighted by atomic mass is 9.83. The van der Waals surface area contributed by atoms with E-state index in [0.29, 0.717) is 12.2 Å². The minimum Gasteiger partial charge on any atom is -0.376 e. The summed E-state index contributed by atoms with van der Waals surface area (Å²) in [5, 5.41) is 2.90. The largest absolute Gasteiger partial charge is 0.376 e. The highest BCUT2D eigenvalue weighted by atomic mass is 16.5. The summed E-state index contributed by atoms with van der Waals surface area (Å²) >= 11 is 0. The summed E-state index contributed by atoms with van der Waals surface area (Å²) < 4.78 is 5.49. The van der Waals surface area contributed by atoms with Gasteiger partial charge in [0.1, 0.15) is 0 Å². The number of hydrogen-bond acceptors (Lipinski definition) is 4. The minimum atomic E-state index is -0.128. The van der Waals surface area contributed by atoms with Crippen LogP contribution >= 0.6 is 0 Å². The van der Waals surface area contributed by atoms with Gasteiger partial charge in [-0.3, -0.25) is 9.78 Å². The number of ether oxygens (including phenoxy) is 1. The molecule has 2 rings (SSSR count). The highest BCUT2D eigenvalue weighted by Crippen LogP contribution is 2.22. The van der Waals surface area contributed by atoms with Crippen LogP contribution in [0.25, 0.3) is 0 Å². The van der Waals surface area contributed by atoms with Crippen LogP contribution in [0.3, 0.4) is 0 Å². The average molecular weight is 235 g/mol. The number of aromatic nitrogens is 1. The fraction of sp³-hybridized carbons (Fsp3) is 0.500. The van der Waals surface area contributed by atoms with Crippen LogP contribution < -0.4 is 11.1 Å². The molecule has 1 aliphatic carbocycles. The van der Waals surface area contributed by atoms with Gasteiger partial charge in [0.25, 0.3) is 5.91 Å². The second-order valence-electron chi connectivity index (χ2n) is 4.13. The second-order valence-corrected chi connectivity index (χ2v) is 4.13. The molecule has 1 aliphatic rings. The molecule has 3 N–H and O–H groups in total. The molecule has 1 amide bonds. The van der Waals surface area contributed by atoms with E-state index in [1.54, 1.807) is 24.5 Å². The third kappa shape index (κ3) is 2.62. The number of nitrogens with two attached hydrogens (primary N) is 1. The Hall–Kier alpha value is -1.46. The summed E-state index contributed by atoms with van der Waals surface area (Å²) in [4.78, 5) is 15.8. The van der Waals surface area contributed by atoms with Crippen molar-refractivity contribution in [3.63, 3.8) is 0 Å². The number of carbonyl (C=O) groups is 1. The second kappa shape index (κ2) is 5.25. The third-order valence-electron chi connectivity index (χ3n) is 2.99. The maximum absolute atomic E-state index is 11.9. The molecule has 1 heterocycles. The standard InChI is InChI=1S/C12H17N3O2/c1-2-17-10-7-9(13)11(10)15-12(16)8-3-5-14-6-4-8/h3-6,9-11H,2,7,13H2,1H3,(H,15,16). The van der Waals surface area contributed by atoms with Crippen molar-refractivity contribution >= 4 is 5.91 Å². The van der Waals surface area contributed by atoms with Crippen molar-refractivity contribution in [2.45, 2.75) is 31.5 Å². The molecule has 0 aromatic carbocycles. The molecular weight excluding hydrogens is 218 g/mol. The SMILES string of the molecule is CCOC1CC(N)C1NC(=O)c1ccncc1. The molecule has 1 saturated carbocycles. The highest BCUT2D eigenvalue weighted by Gasteiger charge is 2.40. The van der Waals surface area contributed by atoms with Gasteiger partial charge in [0.2, 0.25) is 0 Å². The van der Waals surface area contributed by atoms with E-state index in [-0.39, 0.29) is 24.1 Å². The van der Waals surface area contributed by atoms with Gasteiger partial charge in [-0.1, -0.05) is 0 Å². The number of carbonyl (C=O) groups excluding carboxylic acids is 1. The lowest BCUT2D eigenvalue weighted by Gasteiger charge is -2.42. The first-order valence-electron chi connectivity index (χ1n) is 5.80. The Labute approximate surface area is 100 Å². The van der Waals surface area contributed by atoms with Gasteiger partial charge in [-0.2, -0.15) is 0 Å². The molecule has 92 valence electrons. The summed E-state index contributed by atoms with van der Waals surface area (Å²) in [6.45, 7) is 2.57. The van der Waals surface area contributed by atoms with Gasteiger partial charge in [-0.25, -0.2) is 0 Å². The van der Waals surface area contributed by atoms with Gasteiger partial charge in [-0.15, -0.1) is 0 Å². The van der Waals surface area contributed by atoms with Gasteiger partial charge in [-0.05, 0) is 25.5 Å². The summed E-state index contributed by atoms with van der Waals surface area (Å²) in [5.41, 5.74) is 6.45. The molecule has 0 bridgehead atoms. The van der Waals surface area contributed by atoms with Gasteiger partial charge in [0.05, 0.1) is 12.1 Å². The molecule has 0 saturated heterocycles. The predicted octanol–water partition coefficient (Wildman–Crippen LogP) is 0.316. The van der Waals surface area contributed by atoms with E-state index in [1.807, 2.05) is 6.92 Å². The number of amides is 1. The van der Waals surface area contributed by atoms with Gasteiger partial charge < -0.3 is 15.8 Å². The van der Waals surface area contributed by atoms with Crippen LogP contribution in [0, 0.1) is 0 Å². The van der Waals surface area contributed by atoms with Gasteiger partial charge in [0, 0.05) is 30.6 Å². The van der Waals surface area contributed by atoms with Crippen LogP contribution in [0.4, 0.5) is 0 Å². The predicted molar refractivity (Wildman–Crippen MR) is 63.5 cm³/mol. The van der Waals surface area contributed by atoms with Crippen LogP contribution in [0.5, 0.6) is 0 Å². The van der Waals surface area contributed by atoms with Crippen molar-refractivity contribution in [3.8, 4) is 0 Å².